The van der Waals surface area contributed by atoms with Gasteiger partial charge in [-0.15, -0.1) is 4.91 Å². The smallest absolute Gasteiger partial charge is 0.423 e. The minimum Gasteiger partial charge on any atom is -0.423 e. The summed E-state index contributed by atoms with van der Waals surface area (Å²) in [5.41, 5.74) is 0.108. The lowest BCUT2D eigenvalue weighted by molar-refractivity contribution is 0.334. The summed E-state index contributed by atoms with van der Waals surface area (Å²) in [5, 5.41) is 19.7. The van der Waals surface area contributed by atoms with Crippen molar-refractivity contribution >= 4 is 12.6 Å². The summed E-state index contributed by atoms with van der Waals surface area (Å²) in [4.78, 5) is 14.0. The predicted octanol–water partition coefficient (Wildman–Crippen LogP) is -0.573. The minimum atomic E-state index is -1.66. The van der Waals surface area contributed by atoms with Crippen molar-refractivity contribution in [2.24, 2.45) is 5.34 Å². The minimum absolute atomic E-state index is 0.0440. The van der Waals surface area contributed by atoms with E-state index >= 15 is 0 Å². The highest BCUT2D eigenvalue weighted by Gasteiger charge is 2.16. The first kappa shape index (κ1) is 8.70. The molecule has 0 atom stereocenters. The predicted molar refractivity (Wildman–Crippen MR) is 42.7 cm³/mol. The lowest BCUT2D eigenvalue weighted by atomic mass is 9.80. The van der Waals surface area contributed by atoms with Gasteiger partial charge < -0.3 is 14.9 Å². The molecule has 0 unspecified atom stereocenters. The maximum absolute atomic E-state index is 9.71. The Morgan fingerprint density at radius 1 is 1.33 bits per heavy atom. The van der Waals surface area contributed by atoms with Crippen LogP contribution >= 0.6 is 0 Å². The first-order valence-electron chi connectivity index (χ1n) is 3.20. The molecule has 1 aromatic rings. The molecular formula is C6H6BNO4. The van der Waals surface area contributed by atoms with Crippen molar-refractivity contribution in [3.8, 4) is 5.75 Å². The zero-order valence-electron chi connectivity index (χ0n) is 6.04. The number of hydrogen-bond acceptors (Lipinski definition) is 5. The largest absolute Gasteiger partial charge is 0.492 e. The Kier molecular flexibility index (Phi) is 2.79. The summed E-state index contributed by atoms with van der Waals surface area (Å²) in [6.45, 7) is 0. The van der Waals surface area contributed by atoms with Crippen LogP contribution in [0.2, 0.25) is 0 Å². The third kappa shape index (κ3) is 1.80. The summed E-state index contributed by atoms with van der Waals surface area (Å²) in [5.74, 6) is 0.0440. The quantitative estimate of drug-likeness (QED) is 0.358. The fourth-order valence-corrected chi connectivity index (χ4v) is 0.817. The number of hydrogen-bond donors (Lipinski definition) is 2. The highest BCUT2D eigenvalue weighted by molar-refractivity contribution is 6.59. The van der Waals surface area contributed by atoms with Gasteiger partial charge in [-0.1, -0.05) is 18.2 Å². The van der Waals surface area contributed by atoms with Crippen LogP contribution in [0.15, 0.2) is 29.6 Å². The van der Waals surface area contributed by atoms with Crippen molar-refractivity contribution in [1.82, 2.24) is 0 Å². The maximum atomic E-state index is 9.71. The maximum Gasteiger partial charge on any atom is 0.492 e. The van der Waals surface area contributed by atoms with Gasteiger partial charge in [0.2, 0.25) is 0 Å². The van der Waals surface area contributed by atoms with E-state index in [1.165, 1.54) is 12.1 Å². The first-order chi connectivity index (χ1) is 5.75. The van der Waals surface area contributed by atoms with Crippen molar-refractivity contribution in [3.63, 3.8) is 0 Å². The fourth-order valence-electron chi connectivity index (χ4n) is 0.817. The van der Waals surface area contributed by atoms with E-state index in [4.69, 9.17) is 10.0 Å². The van der Waals surface area contributed by atoms with E-state index in [0.29, 0.717) is 0 Å². The number of rotatable bonds is 3. The van der Waals surface area contributed by atoms with Gasteiger partial charge in [-0.2, -0.15) is 0 Å². The molecule has 0 aromatic heterocycles. The number of nitrogens with zero attached hydrogens (tertiary/aromatic N) is 1. The molecule has 0 bridgehead atoms. The topological polar surface area (TPSA) is 79.1 Å². The SMILES string of the molecule is O=NOc1ccccc1B(O)O. The van der Waals surface area contributed by atoms with Crippen molar-refractivity contribution in [3.05, 3.63) is 29.2 Å². The van der Waals surface area contributed by atoms with E-state index in [0.717, 1.165) is 0 Å². The van der Waals surface area contributed by atoms with E-state index in [9.17, 15) is 4.91 Å². The van der Waals surface area contributed by atoms with Gasteiger partial charge in [0.05, 0.1) is 0 Å². The van der Waals surface area contributed by atoms with E-state index < -0.39 is 7.12 Å². The second-order valence-corrected chi connectivity index (χ2v) is 2.08. The van der Waals surface area contributed by atoms with Gasteiger partial charge in [0.25, 0.3) is 0 Å². The van der Waals surface area contributed by atoms with Gasteiger partial charge >= 0.3 is 7.12 Å². The van der Waals surface area contributed by atoms with Crippen molar-refractivity contribution < 1.29 is 14.9 Å². The van der Waals surface area contributed by atoms with Crippen LogP contribution in [0.25, 0.3) is 0 Å². The number of benzene rings is 1. The molecule has 0 aliphatic carbocycles. The van der Waals surface area contributed by atoms with Gasteiger partial charge in [0, 0.05) is 5.46 Å². The van der Waals surface area contributed by atoms with E-state index in [1.54, 1.807) is 12.1 Å². The molecule has 1 rings (SSSR count). The van der Waals surface area contributed by atoms with Crippen molar-refractivity contribution in [1.29, 1.82) is 0 Å². The zero-order chi connectivity index (χ0) is 8.97. The van der Waals surface area contributed by atoms with E-state index in [-0.39, 0.29) is 11.2 Å². The van der Waals surface area contributed by atoms with Crippen molar-refractivity contribution in [2.45, 2.75) is 0 Å². The molecule has 0 aliphatic heterocycles. The van der Waals surface area contributed by atoms with E-state index in [2.05, 4.69) is 10.2 Å². The Morgan fingerprint density at radius 3 is 2.58 bits per heavy atom. The average molecular weight is 167 g/mol. The fraction of sp³-hybridized carbons (Fsp3) is 0. The molecule has 0 saturated carbocycles. The molecule has 0 fully saturated rings. The van der Waals surface area contributed by atoms with Gasteiger partial charge in [-0.05, 0) is 6.07 Å². The third-order valence-corrected chi connectivity index (χ3v) is 1.33. The summed E-state index contributed by atoms with van der Waals surface area (Å²) < 4.78 is 0. The molecule has 6 heteroatoms. The second kappa shape index (κ2) is 3.84. The monoisotopic (exact) mass is 167 g/mol. The Morgan fingerprint density at radius 2 is 2.00 bits per heavy atom. The van der Waals surface area contributed by atoms with Crippen LogP contribution in [0.1, 0.15) is 0 Å². The van der Waals surface area contributed by atoms with Crippen LogP contribution in [0.4, 0.5) is 0 Å². The van der Waals surface area contributed by atoms with Crippen LogP contribution in [-0.2, 0) is 0 Å². The summed E-state index contributed by atoms with van der Waals surface area (Å²) in [6, 6.07) is 6.01. The van der Waals surface area contributed by atoms with Crippen LogP contribution in [0, 0.1) is 4.91 Å². The normalized spacial score (nSPS) is 9.17. The summed E-state index contributed by atoms with van der Waals surface area (Å²) >= 11 is 0. The average Bonchev–Trinajstić information content (AvgIpc) is 2.05. The van der Waals surface area contributed by atoms with E-state index in [1.807, 2.05) is 0 Å². The molecule has 0 saturated heterocycles. The Labute approximate surface area is 68.7 Å². The Hall–Kier alpha value is -1.40. The lowest BCUT2D eigenvalue weighted by Crippen LogP contribution is -2.30. The first-order valence-corrected chi connectivity index (χ1v) is 3.20. The molecule has 0 spiro atoms. The third-order valence-electron chi connectivity index (χ3n) is 1.33. The van der Waals surface area contributed by atoms with Crippen LogP contribution in [0.5, 0.6) is 5.75 Å². The Balaban J connectivity index is 2.99. The molecule has 2 N–H and O–H groups in total. The molecule has 12 heavy (non-hydrogen) atoms. The highest BCUT2D eigenvalue weighted by Crippen LogP contribution is 2.06. The van der Waals surface area contributed by atoms with Gasteiger partial charge in [0.1, 0.15) is 0 Å². The molecule has 0 heterocycles. The van der Waals surface area contributed by atoms with Crippen LogP contribution < -0.4 is 10.3 Å². The standard InChI is InChI=1S/C6H6BNO4/c9-7(10)5-3-1-2-4-6(5)12-8-11/h1-4,9-10H. The highest BCUT2D eigenvalue weighted by atomic mass is 16.7. The molecule has 1 aromatic carbocycles. The summed E-state index contributed by atoms with van der Waals surface area (Å²) in [6.07, 6.45) is 0. The molecule has 0 radical (unpaired) electrons. The second-order valence-electron chi connectivity index (χ2n) is 2.08. The molecule has 5 nitrogen and oxygen atoms in total. The lowest BCUT2D eigenvalue weighted by Gasteiger charge is -2.02. The summed E-state index contributed by atoms with van der Waals surface area (Å²) in [7, 11) is -1.66. The number of para-hydroxylation sites is 1. The Bertz CT molecular complexity index is 278. The molecule has 0 aliphatic rings. The zero-order valence-corrected chi connectivity index (χ0v) is 6.04. The van der Waals surface area contributed by atoms with Gasteiger partial charge in [-0.3, -0.25) is 0 Å². The molecule has 0 amide bonds. The van der Waals surface area contributed by atoms with Crippen LogP contribution in [0.3, 0.4) is 0 Å². The van der Waals surface area contributed by atoms with Gasteiger partial charge in [-0.25, -0.2) is 0 Å². The molecular weight excluding hydrogens is 161 g/mol. The van der Waals surface area contributed by atoms with Crippen molar-refractivity contribution in [2.75, 3.05) is 0 Å². The van der Waals surface area contributed by atoms with Crippen LogP contribution in [-0.4, -0.2) is 17.2 Å². The van der Waals surface area contributed by atoms with Gasteiger partial charge in [0.15, 0.2) is 11.1 Å². The molecule has 62 valence electrons.